The molecule has 0 unspecified atom stereocenters. The van der Waals surface area contributed by atoms with E-state index in [4.69, 9.17) is 4.98 Å². The van der Waals surface area contributed by atoms with Gasteiger partial charge >= 0.3 is 0 Å². The second-order valence-corrected chi connectivity index (χ2v) is 7.68. The van der Waals surface area contributed by atoms with Crippen LogP contribution in [0.4, 0.5) is 0 Å². The van der Waals surface area contributed by atoms with Gasteiger partial charge in [-0.2, -0.15) is 0 Å². The highest BCUT2D eigenvalue weighted by atomic mass is 32.1. The van der Waals surface area contributed by atoms with Crippen LogP contribution in [0.2, 0.25) is 0 Å². The average Bonchev–Trinajstić information content (AvgIpc) is 3.08. The van der Waals surface area contributed by atoms with Crippen molar-refractivity contribution in [1.29, 1.82) is 0 Å². The molecule has 4 nitrogen and oxygen atoms in total. The average molecular weight is 358 g/mol. The summed E-state index contributed by atoms with van der Waals surface area (Å²) in [6.07, 6.45) is 4.10. The van der Waals surface area contributed by atoms with Crippen LogP contribution in [0.5, 0.6) is 0 Å². The summed E-state index contributed by atoms with van der Waals surface area (Å²) in [6.45, 7) is 5.68. The molecule has 1 aliphatic rings. The summed E-state index contributed by atoms with van der Waals surface area (Å²) in [7, 11) is 0. The molecular formula is C20H27N3OS. The maximum Gasteiger partial charge on any atom is 0.223 e. The molecule has 1 aliphatic heterocycles. The van der Waals surface area contributed by atoms with E-state index >= 15 is 0 Å². The molecule has 0 bridgehead atoms. The number of carbonyl (C=O) groups excluding carboxylic acids is 1. The first-order valence-corrected chi connectivity index (χ1v) is 10.1. The molecular weight excluding hydrogens is 330 g/mol. The van der Waals surface area contributed by atoms with Crippen molar-refractivity contribution in [3.63, 3.8) is 0 Å². The fourth-order valence-corrected chi connectivity index (χ4v) is 4.15. The van der Waals surface area contributed by atoms with Crippen molar-refractivity contribution in [2.75, 3.05) is 13.1 Å². The number of carbonyl (C=O) groups is 1. The third kappa shape index (κ3) is 5.38. The highest BCUT2D eigenvalue weighted by Gasteiger charge is 2.25. The maximum atomic E-state index is 12.4. The second-order valence-electron chi connectivity index (χ2n) is 6.74. The van der Waals surface area contributed by atoms with Crippen LogP contribution in [0.3, 0.4) is 0 Å². The minimum atomic E-state index is 0.144. The Morgan fingerprint density at radius 3 is 2.76 bits per heavy atom. The van der Waals surface area contributed by atoms with Gasteiger partial charge in [0.25, 0.3) is 0 Å². The second kappa shape index (κ2) is 9.11. The van der Waals surface area contributed by atoms with Gasteiger partial charge in [0.2, 0.25) is 5.91 Å². The lowest BCUT2D eigenvalue weighted by Gasteiger charge is -2.30. The normalized spacial score (nSPS) is 16.0. The number of nitrogens with zero attached hydrogens (tertiary/aromatic N) is 2. The zero-order valence-electron chi connectivity index (χ0n) is 14.9. The number of benzene rings is 1. The molecule has 1 N–H and O–H groups in total. The predicted molar refractivity (Wildman–Crippen MR) is 102 cm³/mol. The Balaban J connectivity index is 1.41. The monoisotopic (exact) mass is 357 g/mol. The van der Waals surface area contributed by atoms with Crippen molar-refractivity contribution in [1.82, 2.24) is 15.2 Å². The highest BCUT2D eigenvalue weighted by molar-refractivity contribution is 7.09. The zero-order valence-corrected chi connectivity index (χ0v) is 15.7. The summed E-state index contributed by atoms with van der Waals surface area (Å²) >= 11 is 1.77. The number of piperidine rings is 1. The molecule has 2 aromatic rings. The standard InChI is InChI=1S/C20H27N3OS/c1-2-6-19-22-18(15-25-19)14-23-11-9-17(10-12-23)20(24)21-13-16-7-4-3-5-8-16/h3-5,7-8,15,17H,2,6,9-14H2,1H3,(H,21,24). The van der Waals surface area contributed by atoms with Crippen molar-refractivity contribution in [3.8, 4) is 0 Å². The van der Waals surface area contributed by atoms with E-state index in [0.29, 0.717) is 6.54 Å². The first-order chi connectivity index (χ1) is 12.2. The van der Waals surface area contributed by atoms with E-state index in [-0.39, 0.29) is 11.8 Å². The zero-order chi connectivity index (χ0) is 17.5. The molecule has 1 fully saturated rings. The summed E-state index contributed by atoms with van der Waals surface area (Å²) in [5, 5.41) is 6.51. The Kier molecular flexibility index (Phi) is 6.59. The highest BCUT2D eigenvalue weighted by Crippen LogP contribution is 2.20. The van der Waals surface area contributed by atoms with Crippen molar-refractivity contribution in [3.05, 3.63) is 52.0 Å². The Labute approximate surface area is 154 Å². The molecule has 25 heavy (non-hydrogen) atoms. The number of amides is 1. The van der Waals surface area contributed by atoms with Crippen LogP contribution in [0.25, 0.3) is 0 Å². The van der Waals surface area contributed by atoms with Gasteiger partial charge in [-0.3, -0.25) is 9.69 Å². The van der Waals surface area contributed by atoms with Gasteiger partial charge in [-0.05, 0) is 44.3 Å². The molecule has 2 heterocycles. The summed E-state index contributed by atoms with van der Waals surface area (Å²) in [5.41, 5.74) is 2.33. The Hall–Kier alpha value is -1.72. The number of aromatic nitrogens is 1. The molecule has 0 aliphatic carbocycles. The summed E-state index contributed by atoms with van der Waals surface area (Å²) in [6, 6.07) is 10.1. The molecule has 1 amide bonds. The van der Waals surface area contributed by atoms with Crippen LogP contribution >= 0.6 is 11.3 Å². The molecule has 5 heteroatoms. The molecule has 3 rings (SSSR count). The lowest BCUT2D eigenvalue weighted by molar-refractivity contribution is -0.126. The lowest BCUT2D eigenvalue weighted by atomic mass is 9.95. The minimum absolute atomic E-state index is 0.144. The number of aryl methyl sites for hydroxylation is 1. The van der Waals surface area contributed by atoms with Crippen LogP contribution in [-0.2, 0) is 24.3 Å². The van der Waals surface area contributed by atoms with Crippen molar-refractivity contribution in [2.45, 2.75) is 45.7 Å². The summed E-state index contributed by atoms with van der Waals surface area (Å²) in [5.74, 6) is 0.341. The fraction of sp³-hybridized carbons (Fsp3) is 0.500. The Morgan fingerprint density at radius 2 is 2.04 bits per heavy atom. The lowest BCUT2D eigenvalue weighted by Crippen LogP contribution is -2.40. The number of thiazole rings is 1. The van der Waals surface area contributed by atoms with Gasteiger partial charge in [0.1, 0.15) is 0 Å². The van der Waals surface area contributed by atoms with E-state index in [9.17, 15) is 4.79 Å². The summed E-state index contributed by atoms with van der Waals surface area (Å²) < 4.78 is 0. The predicted octanol–water partition coefficient (Wildman–Crippen LogP) is 3.62. The van der Waals surface area contributed by atoms with Crippen LogP contribution in [-0.4, -0.2) is 28.9 Å². The molecule has 0 radical (unpaired) electrons. The molecule has 0 saturated carbocycles. The quantitative estimate of drug-likeness (QED) is 0.823. The van der Waals surface area contributed by atoms with Crippen LogP contribution in [0.1, 0.15) is 42.5 Å². The smallest absolute Gasteiger partial charge is 0.223 e. The van der Waals surface area contributed by atoms with E-state index < -0.39 is 0 Å². The third-order valence-corrected chi connectivity index (χ3v) is 5.67. The van der Waals surface area contributed by atoms with Gasteiger partial charge in [-0.25, -0.2) is 4.98 Å². The van der Waals surface area contributed by atoms with Crippen molar-refractivity contribution >= 4 is 17.2 Å². The van der Waals surface area contributed by atoms with Crippen LogP contribution < -0.4 is 5.32 Å². The molecule has 0 atom stereocenters. The van der Waals surface area contributed by atoms with Crippen LogP contribution in [0, 0.1) is 5.92 Å². The molecule has 134 valence electrons. The molecule has 1 aromatic heterocycles. The number of hydrogen-bond acceptors (Lipinski definition) is 4. The van der Waals surface area contributed by atoms with Gasteiger partial charge < -0.3 is 5.32 Å². The van der Waals surface area contributed by atoms with Gasteiger partial charge in [-0.1, -0.05) is 37.3 Å². The van der Waals surface area contributed by atoms with Crippen molar-refractivity contribution in [2.24, 2.45) is 5.92 Å². The van der Waals surface area contributed by atoms with E-state index in [2.05, 4.69) is 22.5 Å². The van der Waals surface area contributed by atoms with E-state index in [1.165, 1.54) is 10.7 Å². The molecule has 0 spiro atoms. The van der Waals surface area contributed by atoms with Gasteiger partial charge in [0.05, 0.1) is 10.7 Å². The first-order valence-electron chi connectivity index (χ1n) is 9.22. The number of nitrogens with one attached hydrogen (secondary N) is 1. The minimum Gasteiger partial charge on any atom is -0.352 e. The van der Waals surface area contributed by atoms with Gasteiger partial charge in [0.15, 0.2) is 0 Å². The van der Waals surface area contributed by atoms with Crippen molar-refractivity contribution < 1.29 is 4.79 Å². The van der Waals surface area contributed by atoms with E-state index in [1.807, 2.05) is 30.3 Å². The number of hydrogen-bond donors (Lipinski definition) is 1. The topological polar surface area (TPSA) is 45.2 Å². The number of rotatable bonds is 7. The largest absolute Gasteiger partial charge is 0.352 e. The van der Waals surface area contributed by atoms with Crippen LogP contribution in [0.15, 0.2) is 35.7 Å². The van der Waals surface area contributed by atoms with E-state index in [0.717, 1.165) is 50.9 Å². The van der Waals surface area contributed by atoms with Gasteiger partial charge in [0, 0.05) is 24.4 Å². The number of likely N-dealkylation sites (tertiary alicyclic amines) is 1. The Morgan fingerprint density at radius 1 is 1.28 bits per heavy atom. The summed E-state index contributed by atoms with van der Waals surface area (Å²) in [4.78, 5) is 19.5. The van der Waals surface area contributed by atoms with Gasteiger partial charge in [-0.15, -0.1) is 11.3 Å². The molecule has 1 saturated heterocycles. The first kappa shape index (κ1) is 18.1. The Bertz CT molecular complexity index is 663. The van der Waals surface area contributed by atoms with E-state index in [1.54, 1.807) is 11.3 Å². The SMILES string of the molecule is CCCc1nc(CN2CCC(C(=O)NCc3ccccc3)CC2)cs1. The third-order valence-electron chi connectivity index (χ3n) is 4.72. The fourth-order valence-electron chi connectivity index (χ4n) is 3.26. The maximum absolute atomic E-state index is 12.4. The molecule has 1 aromatic carbocycles.